The molecule has 64 valence electrons. The quantitative estimate of drug-likeness (QED) is 0.469. The van der Waals surface area contributed by atoms with Crippen LogP contribution in [0.2, 0.25) is 0 Å². The minimum Gasteiger partial charge on any atom is -0.298 e. The molecule has 1 aromatic heterocycles. The molecule has 13 heavy (non-hydrogen) atoms. The summed E-state index contributed by atoms with van der Waals surface area (Å²) in [5.74, 6) is 6.96. The Morgan fingerprint density at radius 2 is 2.08 bits per heavy atom. The lowest BCUT2D eigenvalue weighted by Gasteiger charge is -1.88. The Morgan fingerprint density at radius 1 is 1.38 bits per heavy atom. The lowest BCUT2D eigenvalue weighted by Crippen LogP contribution is -1.90. The van der Waals surface area contributed by atoms with E-state index in [9.17, 15) is 4.79 Å². The van der Waals surface area contributed by atoms with Gasteiger partial charge in [0.2, 0.25) is 5.82 Å². The summed E-state index contributed by atoms with van der Waals surface area (Å²) in [6, 6.07) is 0. The van der Waals surface area contributed by atoms with Crippen LogP contribution in [0, 0.1) is 17.8 Å². The molecule has 0 N–H and O–H groups in total. The molecule has 0 saturated heterocycles. The second-order valence-electron chi connectivity index (χ2n) is 3.00. The molecule has 0 amide bonds. The molecule has 3 nitrogen and oxygen atoms in total. The molecule has 0 aliphatic heterocycles. The SMILES string of the molecule is O=Cc1cnc(C#CC2CC2)nc1. The zero-order valence-electron chi connectivity index (χ0n) is 7.03. The van der Waals surface area contributed by atoms with E-state index in [1.54, 1.807) is 0 Å². The molecule has 0 unspecified atom stereocenters. The summed E-state index contributed by atoms with van der Waals surface area (Å²) < 4.78 is 0. The minimum atomic E-state index is 0.483. The smallest absolute Gasteiger partial charge is 0.204 e. The van der Waals surface area contributed by atoms with E-state index in [-0.39, 0.29) is 0 Å². The first-order valence-corrected chi connectivity index (χ1v) is 4.17. The van der Waals surface area contributed by atoms with E-state index in [4.69, 9.17) is 0 Å². The molecule has 2 rings (SSSR count). The average Bonchev–Trinajstić information content (AvgIpc) is 2.99. The number of hydrogen-bond donors (Lipinski definition) is 0. The van der Waals surface area contributed by atoms with Crippen LogP contribution in [0.5, 0.6) is 0 Å². The number of carbonyl (C=O) groups excluding carboxylic acids is 1. The van der Waals surface area contributed by atoms with E-state index in [2.05, 4.69) is 21.8 Å². The van der Waals surface area contributed by atoms with Crippen LogP contribution in [0.15, 0.2) is 12.4 Å². The minimum absolute atomic E-state index is 0.483. The van der Waals surface area contributed by atoms with Crippen molar-refractivity contribution >= 4 is 6.29 Å². The second-order valence-corrected chi connectivity index (χ2v) is 3.00. The van der Waals surface area contributed by atoms with Crippen LogP contribution in [0.25, 0.3) is 0 Å². The van der Waals surface area contributed by atoms with Gasteiger partial charge in [-0.05, 0) is 18.8 Å². The van der Waals surface area contributed by atoms with Gasteiger partial charge in [0.25, 0.3) is 0 Å². The van der Waals surface area contributed by atoms with E-state index in [0.717, 1.165) is 6.29 Å². The Labute approximate surface area is 76.2 Å². The molecule has 1 aromatic rings. The summed E-state index contributed by atoms with van der Waals surface area (Å²) in [7, 11) is 0. The summed E-state index contributed by atoms with van der Waals surface area (Å²) in [5.41, 5.74) is 0.483. The highest BCUT2D eigenvalue weighted by Crippen LogP contribution is 2.27. The van der Waals surface area contributed by atoms with Gasteiger partial charge < -0.3 is 0 Å². The van der Waals surface area contributed by atoms with E-state index in [1.807, 2.05) is 0 Å². The van der Waals surface area contributed by atoms with Gasteiger partial charge in [-0.15, -0.1) is 0 Å². The van der Waals surface area contributed by atoms with Crippen LogP contribution in [-0.2, 0) is 0 Å². The topological polar surface area (TPSA) is 42.9 Å². The molecule has 0 atom stereocenters. The maximum Gasteiger partial charge on any atom is 0.204 e. The van der Waals surface area contributed by atoms with Crippen molar-refractivity contribution in [2.75, 3.05) is 0 Å². The number of aromatic nitrogens is 2. The summed E-state index contributed by atoms with van der Waals surface area (Å²) in [6.45, 7) is 0. The molecule has 1 aliphatic rings. The third-order valence-corrected chi connectivity index (χ3v) is 1.77. The van der Waals surface area contributed by atoms with Gasteiger partial charge in [0, 0.05) is 18.3 Å². The second kappa shape index (κ2) is 3.36. The predicted octanol–water partition coefficient (Wildman–Crippen LogP) is 1.05. The Bertz CT molecular complexity index is 368. The van der Waals surface area contributed by atoms with Crippen molar-refractivity contribution in [1.29, 1.82) is 0 Å². The first kappa shape index (κ1) is 7.93. The van der Waals surface area contributed by atoms with Gasteiger partial charge in [-0.2, -0.15) is 0 Å². The van der Waals surface area contributed by atoms with Crippen LogP contribution in [0.4, 0.5) is 0 Å². The van der Waals surface area contributed by atoms with Crippen LogP contribution in [-0.4, -0.2) is 16.3 Å². The lowest BCUT2D eigenvalue weighted by atomic mass is 10.3. The molecule has 1 heterocycles. The van der Waals surface area contributed by atoms with Gasteiger partial charge in [0.05, 0.1) is 5.56 Å². The van der Waals surface area contributed by atoms with Crippen molar-refractivity contribution in [3.63, 3.8) is 0 Å². The largest absolute Gasteiger partial charge is 0.298 e. The summed E-state index contributed by atoms with van der Waals surface area (Å²) in [6.07, 6.45) is 6.07. The number of nitrogens with zero attached hydrogens (tertiary/aromatic N) is 2. The van der Waals surface area contributed by atoms with Crippen molar-refractivity contribution in [3.8, 4) is 11.8 Å². The van der Waals surface area contributed by atoms with Gasteiger partial charge in [0.1, 0.15) is 0 Å². The fourth-order valence-electron chi connectivity index (χ4n) is 0.858. The average molecular weight is 172 g/mol. The zero-order valence-corrected chi connectivity index (χ0v) is 7.03. The number of hydrogen-bond acceptors (Lipinski definition) is 3. The number of aldehydes is 1. The molecular weight excluding hydrogens is 164 g/mol. The van der Waals surface area contributed by atoms with Crippen molar-refractivity contribution in [2.45, 2.75) is 12.8 Å². The van der Waals surface area contributed by atoms with Crippen LogP contribution in [0.1, 0.15) is 29.0 Å². The van der Waals surface area contributed by atoms with Gasteiger partial charge in [0.15, 0.2) is 6.29 Å². The van der Waals surface area contributed by atoms with Gasteiger partial charge >= 0.3 is 0 Å². The van der Waals surface area contributed by atoms with Gasteiger partial charge in [-0.25, -0.2) is 9.97 Å². The monoisotopic (exact) mass is 172 g/mol. The fourth-order valence-corrected chi connectivity index (χ4v) is 0.858. The summed E-state index contributed by atoms with van der Waals surface area (Å²) >= 11 is 0. The molecule has 3 heteroatoms. The highest BCUT2D eigenvalue weighted by atomic mass is 16.1. The van der Waals surface area contributed by atoms with Gasteiger partial charge in [-0.3, -0.25) is 4.79 Å². The number of carbonyl (C=O) groups is 1. The Hall–Kier alpha value is -1.69. The highest BCUT2D eigenvalue weighted by Gasteiger charge is 2.17. The third-order valence-electron chi connectivity index (χ3n) is 1.77. The maximum absolute atomic E-state index is 10.3. The first-order chi connectivity index (χ1) is 6.38. The fraction of sp³-hybridized carbons (Fsp3) is 0.300. The van der Waals surface area contributed by atoms with E-state index in [1.165, 1.54) is 25.2 Å². The van der Waals surface area contributed by atoms with E-state index in [0.29, 0.717) is 17.3 Å². The Kier molecular flexibility index (Phi) is 2.05. The van der Waals surface area contributed by atoms with Crippen molar-refractivity contribution in [2.24, 2.45) is 5.92 Å². The van der Waals surface area contributed by atoms with Crippen molar-refractivity contribution < 1.29 is 4.79 Å². The highest BCUT2D eigenvalue weighted by molar-refractivity contribution is 5.73. The van der Waals surface area contributed by atoms with E-state index >= 15 is 0 Å². The third kappa shape index (κ3) is 2.12. The normalized spacial score (nSPS) is 14.5. The summed E-state index contributed by atoms with van der Waals surface area (Å²) in [4.78, 5) is 18.1. The Morgan fingerprint density at radius 3 is 2.62 bits per heavy atom. The van der Waals surface area contributed by atoms with Crippen LogP contribution in [0.3, 0.4) is 0 Å². The maximum atomic E-state index is 10.3. The molecule has 0 aromatic carbocycles. The molecular formula is C10H8N2O. The standard InChI is InChI=1S/C10H8N2O/c13-7-9-5-11-10(12-6-9)4-3-8-1-2-8/h5-8H,1-2H2. The zero-order chi connectivity index (χ0) is 9.10. The molecule has 1 aliphatic carbocycles. The summed E-state index contributed by atoms with van der Waals surface area (Å²) in [5, 5.41) is 0. The first-order valence-electron chi connectivity index (χ1n) is 4.17. The lowest BCUT2D eigenvalue weighted by molar-refractivity contribution is 0.112. The molecule has 0 bridgehead atoms. The molecule has 0 spiro atoms. The van der Waals surface area contributed by atoms with E-state index < -0.39 is 0 Å². The Balaban J connectivity index is 2.13. The molecule has 1 fully saturated rings. The van der Waals surface area contributed by atoms with Crippen molar-refractivity contribution in [3.05, 3.63) is 23.8 Å². The molecule has 1 saturated carbocycles. The van der Waals surface area contributed by atoms with Crippen LogP contribution >= 0.6 is 0 Å². The predicted molar refractivity (Wildman–Crippen MR) is 47.0 cm³/mol. The number of rotatable bonds is 1. The van der Waals surface area contributed by atoms with Crippen molar-refractivity contribution in [1.82, 2.24) is 9.97 Å². The van der Waals surface area contributed by atoms with Gasteiger partial charge in [-0.1, -0.05) is 5.92 Å². The molecule has 0 radical (unpaired) electrons. The van der Waals surface area contributed by atoms with Crippen LogP contribution < -0.4 is 0 Å².